The first-order valence-corrected chi connectivity index (χ1v) is 5.47. The molecule has 1 aromatic carbocycles. The molecule has 98 valence electrons. The van der Waals surface area contributed by atoms with Crippen LogP contribution in [0.25, 0.3) is 0 Å². The molecule has 1 aromatic rings. The number of carbonyl (C=O) groups is 2. The van der Waals surface area contributed by atoms with Gasteiger partial charge in [-0.2, -0.15) is 0 Å². The van der Waals surface area contributed by atoms with Crippen molar-refractivity contribution in [1.82, 2.24) is 5.32 Å². The van der Waals surface area contributed by atoms with Crippen molar-refractivity contribution in [3.05, 3.63) is 29.8 Å². The van der Waals surface area contributed by atoms with Crippen LogP contribution >= 0.6 is 0 Å². The highest BCUT2D eigenvalue weighted by Crippen LogP contribution is 2.14. The normalized spacial score (nSPS) is 9.83. The molecule has 0 unspecified atom stereocenters. The molecule has 0 aliphatic heterocycles. The molecule has 18 heavy (non-hydrogen) atoms. The van der Waals surface area contributed by atoms with Crippen molar-refractivity contribution in [2.75, 3.05) is 32.1 Å². The lowest BCUT2D eigenvalue weighted by Crippen LogP contribution is -2.32. The van der Waals surface area contributed by atoms with Crippen molar-refractivity contribution < 1.29 is 19.4 Å². The smallest absolute Gasteiger partial charge is 0.337 e. The van der Waals surface area contributed by atoms with Gasteiger partial charge in [0.15, 0.2) is 0 Å². The van der Waals surface area contributed by atoms with Gasteiger partial charge in [-0.3, -0.25) is 4.79 Å². The Labute approximate surface area is 105 Å². The lowest BCUT2D eigenvalue weighted by atomic mass is 10.2. The number of carboxylic acid groups (broad SMARTS) is 1. The number of benzene rings is 1. The Hall–Kier alpha value is -2.08. The molecular weight excluding hydrogens is 236 g/mol. The van der Waals surface area contributed by atoms with Gasteiger partial charge in [-0.15, -0.1) is 0 Å². The average Bonchev–Trinajstić information content (AvgIpc) is 2.37. The number of ether oxygens (including phenoxy) is 1. The minimum atomic E-state index is -1.03. The zero-order valence-corrected chi connectivity index (χ0v) is 10.1. The van der Waals surface area contributed by atoms with Crippen LogP contribution in [0.4, 0.5) is 5.69 Å². The van der Waals surface area contributed by atoms with Crippen LogP contribution in [0.1, 0.15) is 10.4 Å². The number of aromatic carboxylic acids is 1. The van der Waals surface area contributed by atoms with Crippen LogP contribution in [-0.4, -0.2) is 43.8 Å². The quantitative estimate of drug-likeness (QED) is 0.617. The van der Waals surface area contributed by atoms with Gasteiger partial charge in [-0.05, 0) is 12.1 Å². The fourth-order valence-electron chi connectivity index (χ4n) is 1.35. The van der Waals surface area contributed by atoms with Gasteiger partial charge in [0, 0.05) is 19.3 Å². The Morgan fingerprint density at radius 1 is 1.33 bits per heavy atom. The highest BCUT2D eigenvalue weighted by Gasteiger charge is 2.09. The van der Waals surface area contributed by atoms with Crippen LogP contribution in [0.5, 0.6) is 0 Å². The van der Waals surface area contributed by atoms with Crippen molar-refractivity contribution >= 4 is 17.6 Å². The zero-order valence-electron chi connectivity index (χ0n) is 10.1. The van der Waals surface area contributed by atoms with Crippen LogP contribution in [0, 0.1) is 0 Å². The van der Waals surface area contributed by atoms with Crippen molar-refractivity contribution in [3.8, 4) is 0 Å². The van der Waals surface area contributed by atoms with E-state index in [1.807, 2.05) is 0 Å². The van der Waals surface area contributed by atoms with Crippen molar-refractivity contribution in [2.45, 2.75) is 0 Å². The van der Waals surface area contributed by atoms with Gasteiger partial charge in [-0.1, -0.05) is 12.1 Å². The van der Waals surface area contributed by atoms with Gasteiger partial charge >= 0.3 is 5.97 Å². The maximum absolute atomic E-state index is 11.4. The predicted octanol–water partition coefficient (Wildman–Crippen LogP) is 0.559. The fraction of sp³-hybridized carbons (Fsp3) is 0.333. The molecule has 1 rings (SSSR count). The molecule has 6 nitrogen and oxygen atoms in total. The number of rotatable bonds is 7. The van der Waals surface area contributed by atoms with Crippen molar-refractivity contribution in [3.63, 3.8) is 0 Å². The SMILES string of the molecule is COCCNC(=O)CNc1ccccc1C(=O)O. The molecule has 0 aromatic heterocycles. The third-order valence-corrected chi connectivity index (χ3v) is 2.23. The molecule has 0 atom stereocenters. The van der Waals surface area contributed by atoms with Gasteiger partial charge in [0.05, 0.1) is 18.7 Å². The molecule has 0 aliphatic rings. The van der Waals surface area contributed by atoms with E-state index in [0.717, 1.165) is 0 Å². The number of para-hydroxylation sites is 1. The summed E-state index contributed by atoms with van der Waals surface area (Å²) in [5.74, 6) is -1.25. The van der Waals surface area contributed by atoms with Gasteiger partial charge in [0.1, 0.15) is 0 Å². The number of methoxy groups -OCH3 is 1. The summed E-state index contributed by atoms with van der Waals surface area (Å²) in [5.41, 5.74) is 0.564. The number of amides is 1. The van der Waals surface area contributed by atoms with Crippen molar-refractivity contribution in [2.24, 2.45) is 0 Å². The molecule has 0 bridgehead atoms. The second kappa shape index (κ2) is 7.29. The number of hydrogen-bond acceptors (Lipinski definition) is 4. The Morgan fingerprint density at radius 2 is 2.06 bits per heavy atom. The molecule has 1 amide bonds. The Kier molecular flexibility index (Phi) is 5.66. The average molecular weight is 252 g/mol. The molecule has 0 fully saturated rings. The first-order chi connectivity index (χ1) is 8.65. The standard InChI is InChI=1S/C12H16N2O4/c1-18-7-6-13-11(15)8-14-10-5-3-2-4-9(10)12(16)17/h2-5,14H,6-8H2,1H3,(H,13,15)(H,16,17). The van der Waals surface area contributed by atoms with Gasteiger partial charge in [0.2, 0.25) is 5.91 Å². The van der Waals surface area contributed by atoms with Crippen LogP contribution in [-0.2, 0) is 9.53 Å². The molecule has 0 saturated heterocycles. The maximum Gasteiger partial charge on any atom is 0.337 e. The van der Waals surface area contributed by atoms with Crippen LogP contribution in [0.3, 0.4) is 0 Å². The summed E-state index contributed by atoms with van der Waals surface area (Å²) >= 11 is 0. The summed E-state index contributed by atoms with van der Waals surface area (Å²) in [7, 11) is 1.55. The number of anilines is 1. The van der Waals surface area contributed by atoms with E-state index in [4.69, 9.17) is 9.84 Å². The Bertz CT molecular complexity index is 420. The summed E-state index contributed by atoms with van der Waals surface area (Å²) in [4.78, 5) is 22.3. The molecular formula is C12H16N2O4. The fourth-order valence-corrected chi connectivity index (χ4v) is 1.35. The Morgan fingerprint density at radius 3 is 2.72 bits per heavy atom. The second-order valence-electron chi connectivity index (χ2n) is 3.55. The molecule has 3 N–H and O–H groups in total. The minimum Gasteiger partial charge on any atom is -0.478 e. The van der Waals surface area contributed by atoms with E-state index in [-0.39, 0.29) is 18.0 Å². The van der Waals surface area contributed by atoms with Gasteiger partial charge < -0.3 is 20.5 Å². The molecule has 6 heteroatoms. The number of hydrogen-bond donors (Lipinski definition) is 3. The Balaban J connectivity index is 2.48. The van der Waals surface area contributed by atoms with E-state index in [2.05, 4.69) is 10.6 Å². The summed E-state index contributed by atoms with van der Waals surface area (Å²) in [6, 6.07) is 6.43. The predicted molar refractivity (Wildman–Crippen MR) is 66.8 cm³/mol. The molecule has 0 aliphatic carbocycles. The number of carbonyl (C=O) groups excluding carboxylic acids is 1. The molecule has 0 radical (unpaired) electrons. The summed E-state index contributed by atoms with van der Waals surface area (Å²) in [6.07, 6.45) is 0. The molecule has 0 saturated carbocycles. The minimum absolute atomic E-state index is 0.0218. The maximum atomic E-state index is 11.4. The van der Waals surface area contributed by atoms with E-state index in [1.165, 1.54) is 6.07 Å². The van der Waals surface area contributed by atoms with E-state index in [9.17, 15) is 9.59 Å². The molecule has 0 spiro atoms. The van der Waals surface area contributed by atoms with Crippen LogP contribution in [0.15, 0.2) is 24.3 Å². The topological polar surface area (TPSA) is 87.7 Å². The largest absolute Gasteiger partial charge is 0.478 e. The number of carboxylic acids is 1. The second-order valence-corrected chi connectivity index (χ2v) is 3.55. The summed E-state index contributed by atoms with van der Waals surface area (Å²) < 4.78 is 4.79. The zero-order chi connectivity index (χ0) is 13.4. The van der Waals surface area contributed by atoms with Crippen LogP contribution < -0.4 is 10.6 Å². The molecule has 0 heterocycles. The first-order valence-electron chi connectivity index (χ1n) is 5.47. The summed E-state index contributed by atoms with van der Waals surface area (Å²) in [6.45, 7) is 0.892. The van der Waals surface area contributed by atoms with Gasteiger partial charge in [0.25, 0.3) is 0 Å². The first kappa shape index (κ1) is 14.0. The monoisotopic (exact) mass is 252 g/mol. The van der Waals surface area contributed by atoms with E-state index in [1.54, 1.807) is 25.3 Å². The van der Waals surface area contributed by atoms with E-state index in [0.29, 0.717) is 18.8 Å². The summed E-state index contributed by atoms with van der Waals surface area (Å²) in [5, 5.41) is 14.4. The highest BCUT2D eigenvalue weighted by atomic mass is 16.5. The van der Waals surface area contributed by atoms with Crippen LogP contribution in [0.2, 0.25) is 0 Å². The van der Waals surface area contributed by atoms with E-state index >= 15 is 0 Å². The third-order valence-electron chi connectivity index (χ3n) is 2.23. The van der Waals surface area contributed by atoms with E-state index < -0.39 is 5.97 Å². The van der Waals surface area contributed by atoms with Gasteiger partial charge in [-0.25, -0.2) is 4.79 Å². The number of nitrogens with one attached hydrogen (secondary N) is 2. The van der Waals surface area contributed by atoms with Crippen molar-refractivity contribution in [1.29, 1.82) is 0 Å². The lowest BCUT2D eigenvalue weighted by molar-refractivity contribution is -0.119. The highest BCUT2D eigenvalue weighted by molar-refractivity contribution is 5.95. The lowest BCUT2D eigenvalue weighted by Gasteiger charge is -2.09. The third kappa shape index (κ3) is 4.42.